The average Bonchev–Trinajstić information content (AvgIpc) is 2.53. The summed E-state index contributed by atoms with van der Waals surface area (Å²) in [6.45, 7) is 1.63. The van der Waals surface area contributed by atoms with Gasteiger partial charge in [-0.3, -0.25) is 4.79 Å². The molecule has 24 heavy (non-hydrogen) atoms. The number of carbonyl (C=O) groups is 1. The minimum atomic E-state index is -3.92. The monoisotopic (exact) mass is 368 g/mol. The number of methoxy groups -OCH3 is 1. The second-order valence-corrected chi connectivity index (χ2v) is 7.36. The number of primary amides is 1. The van der Waals surface area contributed by atoms with E-state index in [1.54, 1.807) is 12.1 Å². The first kappa shape index (κ1) is 18.1. The molecule has 0 aliphatic rings. The standard InChI is InChI=1S/C16H17ClN2O4S/c1-10-3-5-11(6-4-10)24(21,22)16-12(19-9-14(18)20)7-8-13(23-2)15(16)17/h3-8,19H,9H2,1-2H3,(H2,18,20). The van der Waals surface area contributed by atoms with Crippen molar-refractivity contribution in [1.82, 2.24) is 0 Å². The van der Waals surface area contributed by atoms with Gasteiger partial charge in [0.05, 0.1) is 24.2 Å². The second-order valence-electron chi connectivity index (χ2n) is 5.09. The van der Waals surface area contributed by atoms with Crippen LogP contribution in [0.15, 0.2) is 46.2 Å². The zero-order chi connectivity index (χ0) is 17.9. The molecule has 0 heterocycles. The van der Waals surface area contributed by atoms with Crippen LogP contribution in [-0.2, 0) is 14.6 Å². The highest BCUT2D eigenvalue weighted by Crippen LogP contribution is 2.39. The Morgan fingerprint density at radius 2 is 1.83 bits per heavy atom. The lowest BCUT2D eigenvalue weighted by atomic mass is 10.2. The second kappa shape index (κ2) is 7.11. The molecule has 6 nitrogen and oxygen atoms in total. The van der Waals surface area contributed by atoms with Crippen LogP contribution in [0.4, 0.5) is 5.69 Å². The van der Waals surface area contributed by atoms with E-state index < -0.39 is 15.7 Å². The SMILES string of the molecule is COc1ccc(NCC(N)=O)c(S(=O)(=O)c2ccc(C)cc2)c1Cl. The molecule has 8 heteroatoms. The maximum absolute atomic E-state index is 13.0. The van der Waals surface area contributed by atoms with Gasteiger partial charge in [0.25, 0.3) is 0 Å². The fourth-order valence-electron chi connectivity index (χ4n) is 2.12. The van der Waals surface area contributed by atoms with Crippen molar-refractivity contribution in [3.63, 3.8) is 0 Å². The van der Waals surface area contributed by atoms with E-state index in [4.69, 9.17) is 22.1 Å². The van der Waals surface area contributed by atoms with E-state index in [-0.39, 0.29) is 32.8 Å². The Balaban J connectivity index is 2.64. The maximum atomic E-state index is 13.0. The molecule has 0 atom stereocenters. The lowest BCUT2D eigenvalue weighted by molar-refractivity contribution is -0.116. The molecule has 0 aliphatic carbocycles. The number of benzene rings is 2. The number of hydrogen-bond donors (Lipinski definition) is 2. The van der Waals surface area contributed by atoms with Crippen LogP contribution in [0.1, 0.15) is 5.56 Å². The normalized spacial score (nSPS) is 11.1. The van der Waals surface area contributed by atoms with Crippen molar-refractivity contribution in [2.45, 2.75) is 16.7 Å². The first-order valence-electron chi connectivity index (χ1n) is 6.97. The number of amides is 1. The molecule has 0 saturated heterocycles. The number of nitrogens with two attached hydrogens (primary N) is 1. The molecule has 2 rings (SSSR count). The number of ether oxygens (including phenoxy) is 1. The minimum Gasteiger partial charge on any atom is -0.495 e. The van der Waals surface area contributed by atoms with Gasteiger partial charge in [0.1, 0.15) is 15.7 Å². The molecule has 128 valence electrons. The number of nitrogens with one attached hydrogen (secondary N) is 1. The molecular formula is C16H17ClN2O4S. The lowest BCUT2D eigenvalue weighted by Crippen LogP contribution is -2.22. The Morgan fingerprint density at radius 1 is 1.21 bits per heavy atom. The zero-order valence-electron chi connectivity index (χ0n) is 13.2. The van der Waals surface area contributed by atoms with Gasteiger partial charge in [-0.25, -0.2) is 8.42 Å². The molecule has 0 fully saturated rings. The topological polar surface area (TPSA) is 98.5 Å². The third-order valence-electron chi connectivity index (χ3n) is 3.33. The van der Waals surface area contributed by atoms with Gasteiger partial charge >= 0.3 is 0 Å². The van der Waals surface area contributed by atoms with Crippen molar-refractivity contribution in [3.8, 4) is 5.75 Å². The molecular weight excluding hydrogens is 352 g/mol. The first-order chi connectivity index (χ1) is 11.3. The number of halogens is 1. The van der Waals surface area contributed by atoms with Crippen molar-refractivity contribution in [3.05, 3.63) is 47.0 Å². The predicted octanol–water partition coefficient (Wildman–Crippen LogP) is 2.39. The van der Waals surface area contributed by atoms with Gasteiger partial charge in [0, 0.05) is 0 Å². The van der Waals surface area contributed by atoms with Crippen molar-refractivity contribution >= 4 is 33.0 Å². The van der Waals surface area contributed by atoms with Crippen LogP contribution in [0.2, 0.25) is 5.02 Å². The summed E-state index contributed by atoms with van der Waals surface area (Å²) >= 11 is 6.23. The fraction of sp³-hybridized carbons (Fsp3) is 0.188. The molecule has 0 unspecified atom stereocenters. The number of carbonyl (C=O) groups excluding carboxylic acids is 1. The molecule has 2 aromatic carbocycles. The van der Waals surface area contributed by atoms with Gasteiger partial charge in [-0.1, -0.05) is 29.3 Å². The summed E-state index contributed by atoms with van der Waals surface area (Å²) in [6.07, 6.45) is 0. The highest BCUT2D eigenvalue weighted by atomic mass is 35.5. The summed E-state index contributed by atoms with van der Waals surface area (Å²) in [5, 5.41) is 2.64. The summed E-state index contributed by atoms with van der Waals surface area (Å²) in [5.74, 6) is -0.410. The van der Waals surface area contributed by atoms with Crippen LogP contribution in [0.3, 0.4) is 0 Å². The molecule has 3 N–H and O–H groups in total. The van der Waals surface area contributed by atoms with Crippen molar-refractivity contribution < 1.29 is 17.9 Å². The van der Waals surface area contributed by atoms with Gasteiger partial charge in [0.15, 0.2) is 0 Å². The Hall–Kier alpha value is -2.25. The summed E-state index contributed by atoms with van der Waals surface area (Å²) < 4.78 is 31.1. The Bertz CT molecular complexity index is 864. The molecule has 0 radical (unpaired) electrons. The number of sulfone groups is 1. The maximum Gasteiger partial charge on any atom is 0.236 e. The summed E-state index contributed by atoms with van der Waals surface area (Å²) in [7, 11) is -2.54. The largest absolute Gasteiger partial charge is 0.495 e. The van der Waals surface area contributed by atoms with Crippen LogP contribution in [-0.4, -0.2) is 28.0 Å². The molecule has 1 amide bonds. The number of rotatable bonds is 6. The highest BCUT2D eigenvalue weighted by Gasteiger charge is 2.27. The van der Waals surface area contributed by atoms with Gasteiger partial charge in [0.2, 0.25) is 15.7 Å². The van der Waals surface area contributed by atoms with Crippen LogP contribution in [0.25, 0.3) is 0 Å². The quantitative estimate of drug-likeness (QED) is 0.815. The summed E-state index contributed by atoms with van der Waals surface area (Å²) in [4.78, 5) is 10.9. The molecule has 0 spiro atoms. The number of hydrogen-bond acceptors (Lipinski definition) is 5. The van der Waals surface area contributed by atoms with Crippen molar-refractivity contribution in [2.75, 3.05) is 19.0 Å². The Labute approximate surface area is 145 Å². The Morgan fingerprint density at radius 3 is 2.38 bits per heavy atom. The van der Waals surface area contributed by atoms with Gasteiger partial charge in [-0.2, -0.15) is 0 Å². The molecule has 0 saturated carbocycles. The lowest BCUT2D eigenvalue weighted by Gasteiger charge is -2.16. The van der Waals surface area contributed by atoms with E-state index >= 15 is 0 Å². The smallest absolute Gasteiger partial charge is 0.236 e. The third-order valence-corrected chi connectivity index (χ3v) is 5.68. The van der Waals surface area contributed by atoms with Crippen molar-refractivity contribution in [2.24, 2.45) is 5.73 Å². The van der Waals surface area contributed by atoms with E-state index in [9.17, 15) is 13.2 Å². The average molecular weight is 369 g/mol. The Kier molecular flexibility index (Phi) is 5.36. The van der Waals surface area contributed by atoms with E-state index in [2.05, 4.69) is 5.32 Å². The van der Waals surface area contributed by atoms with E-state index in [1.165, 1.54) is 31.4 Å². The van der Waals surface area contributed by atoms with Crippen LogP contribution in [0, 0.1) is 6.92 Å². The number of aryl methyl sites for hydroxylation is 1. The van der Waals surface area contributed by atoms with Gasteiger partial charge in [-0.05, 0) is 31.2 Å². The van der Waals surface area contributed by atoms with Gasteiger partial charge < -0.3 is 15.8 Å². The highest BCUT2D eigenvalue weighted by molar-refractivity contribution is 7.91. The zero-order valence-corrected chi connectivity index (χ0v) is 14.7. The molecule has 0 bridgehead atoms. The minimum absolute atomic E-state index is 0.0625. The van der Waals surface area contributed by atoms with Crippen LogP contribution < -0.4 is 15.8 Å². The third kappa shape index (κ3) is 3.63. The van der Waals surface area contributed by atoms with Gasteiger partial charge in [-0.15, -0.1) is 0 Å². The first-order valence-corrected chi connectivity index (χ1v) is 8.84. The molecule has 2 aromatic rings. The van der Waals surface area contributed by atoms with Crippen molar-refractivity contribution in [1.29, 1.82) is 0 Å². The summed E-state index contributed by atoms with van der Waals surface area (Å²) in [5.41, 5.74) is 6.22. The van der Waals surface area contributed by atoms with E-state index in [0.29, 0.717) is 0 Å². The van der Waals surface area contributed by atoms with E-state index in [1.807, 2.05) is 6.92 Å². The number of anilines is 1. The van der Waals surface area contributed by atoms with E-state index in [0.717, 1.165) is 5.56 Å². The van der Waals surface area contributed by atoms with Crippen LogP contribution in [0.5, 0.6) is 5.75 Å². The summed E-state index contributed by atoms with van der Waals surface area (Å²) in [6, 6.07) is 9.38. The van der Waals surface area contributed by atoms with Crippen LogP contribution >= 0.6 is 11.6 Å². The predicted molar refractivity (Wildman–Crippen MR) is 92.3 cm³/mol. The fourth-order valence-corrected chi connectivity index (χ4v) is 4.16. The molecule has 0 aliphatic heterocycles. The molecule has 0 aromatic heterocycles.